The zero-order valence-corrected chi connectivity index (χ0v) is 15.2. The number of nitro groups is 1. The molecule has 8 heteroatoms. The molecule has 5 nitrogen and oxygen atoms in total. The van der Waals surface area contributed by atoms with Gasteiger partial charge in [0.05, 0.1) is 9.95 Å². The van der Waals surface area contributed by atoms with Gasteiger partial charge in [0.2, 0.25) is 0 Å². The number of aromatic nitrogens is 1. The summed E-state index contributed by atoms with van der Waals surface area (Å²) in [6.07, 6.45) is 0. The summed E-state index contributed by atoms with van der Waals surface area (Å²) < 4.78 is 5.80. The average Bonchev–Trinajstić information content (AvgIpc) is 2.55. The largest absolute Gasteiger partial charge is 0.487 e. The summed E-state index contributed by atoms with van der Waals surface area (Å²) in [4.78, 5) is 14.9. The smallest absolute Gasteiger partial charge is 0.289 e. The molecule has 0 N–H and O–H groups in total. The Bertz CT molecular complexity index is 993. The second-order valence-electron chi connectivity index (χ2n) is 5.34. The van der Waals surface area contributed by atoms with Gasteiger partial charge in [0.25, 0.3) is 5.69 Å². The van der Waals surface area contributed by atoms with Crippen LogP contribution in [0.5, 0.6) is 5.75 Å². The highest BCUT2D eigenvalue weighted by molar-refractivity contribution is 6.36. The molecule has 0 bridgehead atoms. The van der Waals surface area contributed by atoms with Crippen molar-refractivity contribution in [1.29, 1.82) is 0 Å². The number of pyridine rings is 1. The first kappa shape index (κ1) is 17.7. The quantitative estimate of drug-likeness (QED) is 0.400. The Hall–Kier alpha value is -2.08. The summed E-state index contributed by atoms with van der Waals surface area (Å²) in [7, 11) is 0. The van der Waals surface area contributed by atoms with Crippen molar-refractivity contribution < 1.29 is 9.66 Å². The van der Waals surface area contributed by atoms with Gasteiger partial charge in [-0.2, -0.15) is 0 Å². The lowest BCUT2D eigenvalue weighted by Crippen LogP contribution is -2.00. The molecule has 3 rings (SSSR count). The maximum atomic E-state index is 11.0. The minimum Gasteiger partial charge on any atom is -0.487 e. The fourth-order valence-corrected chi connectivity index (χ4v) is 3.22. The molecule has 0 saturated heterocycles. The summed E-state index contributed by atoms with van der Waals surface area (Å²) in [5, 5.41) is 12.6. The van der Waals surface area contributed by atoms with E-state index in [1.54, 1.807) is 18.2 Å². The van der Waals surface area contributed by atoms with Gasteiger partial charge in [-0.15, -0.1) is 0 Å². The topological polar surface area (TPSA) is 65.3 Å². The molecule has 0 amide bonds. The van der Waals surface area contributed by atoms with E-state index in [2.05, 4.69) is 4.98 Å². The van der Waals surface area contributed by atoms with E-state index in [1.807, 2.05) is 13.0 Å². The first-order chi connectivity index (χ1) is 11.9. The standard InChI is InChI=1S/C17H11Cl3N2O3/c1-9-5-13(19)12-3-2-4-15(17(12)21-9)25-8-10-6-11(18)7-14(16(10)20)22(23)24/h2-7H,8H2,1H3. The lowest BCUT2D eigenvalue weighted by Gasteiger charge is -2.11. The van der Waals surface area contributed by atoms with Crippen LogP contribution in [0.15, 0.2) is 36.4 Å². The molecule has 0 unspecified atom stereocenters. The van der Waals surface area contributed by atoms with Crippen molar-refractivity contribution in [3.05, 3.63) is 72.8 Å². The second kappa shape index (κ2) is 7.04. The molecule has 2 aromatic carbocycles. The summed E-state index contributed by atoms with van der Waals surface area (Å²) in [6, 6.07) is 9.89. The van der Waals surface area contributed by atoms with Crippen molar-refractivity contribution in [2.75, 3.05) is 0 Å². The molecule has 25 heavy (non-hydrogen) atoms. The highest BCUT2D eigenvalue weighted by atomic mass is 35.5. The lowest BCUT2D eigenvalue weighted by molar-refractivity contribution is -0.384. The molecule has 1 heterocycles. The molecule has 3 aromatic rings. The number of halogens is 3. The number of rotatable bonds is 4. The Balaban J connectivity index is 1.98. The van der Waals surface area contributed by atoms with Gasteiger partial charge in [-0.25, -0.2) is 4.98 Å². The Labute approximate surface area is 158 Å². The van der Waals surface area contributed by atoms with Crippen LogP contribution in [0.25, 0.3) is 10.9 Å². The third-order valence-electron chi connectivity index (χ3n) is 3.55. The molecule has 0 aliphatic heterocycles. The van der Waals surface area contributed by atoms with Gasteiger partial charge in [0, 0.05) is 27.7 Å². The molecule has 128 valence electrons. The predicted octanol–water partition coefficient (Wildman–Crippen LogP) is 5.99. The molecule has 0 spiro atoms. The van der Waals surface area contributed by atoms with E-state index in [1.165, 1.54) is 12.1 Å². The first-order valence-electron chi connectivity index (χ1n) is 7.18. The molecule has 1 aromatic heterocycles. The summed E-state index contributed by atoms with van der Waals surface area (Å²) in [6.45, 7) is 1.84. The number of fused-ring (bicyclic) bond motifs is 1. The maximum Gasteiger partial charge on any atom is 0.289 e. The Morgan fingerprint density at radius 2 is 1.96 bits per heavy atom. The first-order valence-corrected chi connectivity index (χ1v) is 8.31. The number of nitro benzene ring substituents is 1. The molecule has 0 aliphatic rings. The zero-order valence-electron chi connectivity index (χ0n) is 12.9. The van der Waals surface area contributed by atoms with E-state index >= 15 is 0 Å². The molecule has 0 radical (unpaired) electrons. The highest BCUT2D eigenvalue weighted by Crippen LogP contribution is 2.34. The third-order valence-corrected chi connectivity index (χ3v) is 4.52. The minimum atomic E-state index is -0.583. The molecule has 0 saturated carbocycles. The second-order valence-corrected chi connectivity index (χ2v) is 6.56. The highest BCUT2D eigenvalue weighted by Gasteiger charge is 2.18. The number of aryl methyl sites for hydroxylation is 1. The SMILES string of the molecule is Cc1cc(Cl)c2cccc(OCc3cc(Cl)cc([N+](=O)[O-])c3Cl)c2n1. The van der Waals surface area contributed by atoms with Crippen LogP contribution in [0.1, 0.15) is 11.3 Å². The van der Waals surface area contributed by atoms with Gasteiger partial charge in [-0.3, -0.25) is 10.1 Å². The van der Waals surface area contributed by atoms with Crippen LogP contribution in [-0.4, -0.2) is 9.91 Å². The monoisotopic (exact) mass is 396 g/mol. The van der Waals surface area contributed by atoms with Crippen molar-refractivity contribution in [2.24, 2.45) is 0 Å². The van der Waals surface area contributed by atoms with E-state index < -0.39 is 4.92 Å². The molecular weight excluding hydrogens is 387 g/mol. The fourth-order valence-electron chi connectivity index (χ4n) is 2.44. The molecule has 0 atom stereocenters. The molecule has 0 aliphatic carbocycles. The van der Waals surface area contributed by atoms with Crippen LogP contribution in [0.3, 0.4) is 0 Å². The third kappa shape index (κ3) is 3.63. The van der Waals surface area contributed by atoms with Crippen LogP contribution in [0, 0.1) is 17.0 Å². The van der Waals surface area contributed by atoms with Crippen LogP contribution >= 0.6 is 34.8 Å². The van der Waals surface area contributed by atoms with Gasteiger partial charge in [-0.1, -0.05) is 46.9 Å². The van der Waals surface area contributed by atoms with E-state index in [-0.39, 0.29) is 22.3 Å². The van der Waals surface area contributed by atoms with E-state index in [0.29, 0.717) is 21.9 Å². The van der Waals surface area contributed by atoms with Crippen molar-refractivity contribution in [3.63, 3.8) is 0 Å². The van der Waals surface area contributed by atoms with Gasteiger partial charge in [0.1, 0.15) is 22.9 Å². The van der Waals surface area contributed by atoms with E-state index in [0.717, 1.165) is 11.1 Å². The number of benzene rings is 2. The van der Waals surface area contributed by atoms with Gasteiger partial charge in [-0.05, 0) is 25.1 Å². The summed E-state index contributed by atoms with van der Waals surface area (Å²) in [5.74, 6) is 0.502. The molecular formula is C17H11Cl3N2O3. The molecule has 0 fully saturated rings. The Morgan fingerprint density at radius 1 is 1.20 bits per heavy atom. The number of hydrogen-bond acceptors (Lipinski definition) is 4. The van der Waals surface area contributed by atoms with Crippen LogP contribution in [-0.2, 0) is 6.61 Å². The lowest BCUT2D eigenvalue weighted by atomic mass is 10.2. The zero-order chi connectivity index (χ0) is 18.1. The number of ether oxygens (including phenoxy) is 1. The van der Waals surface area contributed by atoms with Crippen LogP contribution in [0.2, 0.25) is 15.1 Å². The van der Waals surface area contributed by atoms with Crippen molar-refractivity contribution in [1.82, 2.24) is 4.98 Å². The number of nitrogens with zero attached hydrogens (tertiary/aromatic N) is 2. The number of hydrogen-bond donors (Lipinski definition) is 0. The fraction of sp³-hybridized carbons (Fsp3) is 0.118. The van der Waals surface area contributed by atoms with E-state index in [4.69, 9.17) is 39.5 Å². The number of para-hydroxylation sites is 1. The Morgan fingerprint density at radius 3 is 2.68 bits per heavy atom. The average molecular weight is 398 g/mol. The van der Waals surface area contributed by atoms with Crippen molar-refractivity contribution in [2.45, 2.75) is 13.5 Å². The minimum absolute atomic E-state index is 0.00295. The van der Waals surface area contributed by atoms with Crippen molar-refractivity contribution >= 4 is 51.4 Å². The van der Waals surface area contributed by atoms with Crippen molar-refractivity contribution in [3.8, 4) is 5.75 Å². The van der Waals surface area contributed by atoms with Crippen LogP contribution in [0.4, 0.5) is 5.69 Å². The van der Waals surface area contributed by atoms with E-state index in [9.17, 15) is 10.1 Å². The summed E-state index contributed by atoms with van der Waals surface area (Å²) in [5.41, 5.74) is 1.52. The summed E-state index contributed by atoms with van der Waals surface area (Å²) >= 11 is 18.3. The normalized spacial score (nSPS) is 10.9. The van der Waals surface area contributed by atoms with Crippen LogP contribution < -0.4 is 4.74 Å². The predicted molar refractivity (Wildman–Crippen MR) is 98.9 cm³/mol. The van der Waals surface area contributed by atoms with Gasteiger partial charge in [0.15, 0.2) is 0 Å². The van der Waals surface area contributed by atoms with Gasteiger partial charge < -0.3 is 4.74 Å². The maximum absolute atomic E-state index is 11.0. The Kier molecular flexibility index (Phi) is 4.99. The van der Waals surface area contributed by atoms with Gasteiger partial charge >= 0.3 is 0 Å².